The van der Waals surface area contributed by atoms with Gasteiger partial charge in [-0.25, -0.2) is 9.37 Å². The summed E-state index contributed by atoms with van der Waals surface area (Å²) in [5, 5.41) is 3.08. The molecule has 0 saturated heterocycles. The first kappa shape index (κ1) is 24.3. The number of rotatable bonds is 4. The molecule has 0 saturated carbocycles. The molecule has 7 nitrogen and oxygen atoms in total. The van der Waals surface area contributed by atoms with Crippen LogP contribution in [0.1, 0.15) is 55.8 Å². The van der Waals surface area contributed by atoms with Crippen LogP contribution in [0.15, 0.2) is 58.5 Å². The Hall–Kier alpha value is -3.39. The number of hydrogen-bond acceptors (Lipinski definition) is 7. The van der Waals surface area contributed by atoms with Gasteiger partial charge in [-0.05, 0) is 54.4 Å². The van der Waals surface area contributed by atoms with Crippen LogP contribution >= 0.6 is 0 Å². The molecule has 33 heavy (non-hydrogen) atoms. The van der Waals surface area contributed by atoms with Crippen molar-refractivity contribution in [2.45, 2.75) is 45.8 Å². The fourth-order valence-electron chi connectivity index (χ4n) is 3.82. The number of nitrogen functional groups attached to an aromatic ring is 1. The summed E-state index contributed by atoms with van der Waals surface area (Å²) in [6.07, 6.45) is 5.98. The maximum absolute atomic E-state index is 14.1. The first-order valence-electron chi connectivity index (χ1n) is 11.1. The predicted molar refractivity (Wildman–Crippen MR) is 131 cm³/mol. The zero-order valence-electron chi connectivity index (χ0n) is 19.5. The van der Waals surface area contributed by atoms with Crippen LogP contribution in [0.4, 0.5) is 10.2 Å². The standard InChI is InChI=1S/C25H33FN6O/c1-4-5-8-31-24-17-11-22(25(29)32-13-17)33-14-18-9-19(26)6-7-20(18)23(28)16(12-30-3)10-21(24)15(2)27/h6-7,9,11-13,23,30H,4-5,8,10,14,27-28H2,1-3H3,(H2,29,32)/b16-12-,21-15-,31-24?. The third-order valence-corrected chi connectivity index (χ3v) is 5.63. The van der Waals surface area contributed by atoms with Gasteiger partial charge in [0.25, 0.3) is 0 Å². The molecule has 2 aromatic rings. The molecule has 0 radical (unpaired) electrons. The Balaban J connectivity index is 2.24. The molecule has 2 heterocycles. The van der Waals surface area contributed by atoms with Crippen molar-refractivity contribution >= 4 is 11.5 Å². The molecule has 7 N–H and O–H groups in total. The van der Waals surface area contributed by atoms with E-state index >= 15 is 0 Å². The molecular weight excluding hydrogens is 419 g/mol. The van der Waals surface area contributed by atoms with Gasteiger partial charge in [0.2, 0.25) is 0 Å². The van der Waals surface area contributed by atoms with Crippen molar-refractivity contribution in [3.05, 3.63) is 76.0 Å². The lowest BCUT2D eigenvalue weighted by Gasteiger charge is -2.24. The molecule has 0 spiro atoms. The van der Waals surface area contributed by atoms with E-state index in [0.29, 0.717) is 30.0 Å². The summed E-state index contributed by atoms with van der Waals surface area (Å²) in [6.45, 7) is 4.73. The normalized spacial score (nSPS) is 20.5. The van der Waals surface area contributed by atoms with Crippen LogP contribution in [0.3, 0.4) is 0 Å². The number of benzene rings is 1. The number of aromatic nitrogens is 1. The van der Waals surface area contributed by atoms with Gasteiger partial charge in [-0.15, -0.1) is 0 Å². The summed E-state index contributed by atoms with van der Waals surface area (Å²) >= 11 is 0. The first-order chi connectivity index (χ1) is 15.8. The van der Waals surface area contributed by atoms with Crippen molar-refractivity contribution in [1.82, 2.24) is 10.3 Å². The molecule has 1 unspecified atom stereocenters. The molecule has 1 atom stereocenters. The highest BCUT2D eigenvalue weighted by molar-refractivity contribution is 6.13. The number of fused-ring (bicyclic) bond motifs is 3. The highest BCUT2D eigenvalue weighted by atomic mass is 19.1. The summed E-state index contributed by atoms with van der Waals surface area (Å²) in [7, 11) is 1.82. The van der Waals surface area contributed by atoms with Gasteiger partial charge in [-0.1, -0.05) is 19.4 Å². The smallest absolute Gasteiger partial charge is 0.166 e. The molecule has 8 heteroatoms. The minimum atomic E-state index is -0.504. The van der Waals surface area contributed by atoms with Crippen LogP contribution in [-0.4, -0.2) is 24.3 Å². The van der Waals surface area contributed by atoms with E-state index in [9.17, 15) is 4.39 Å². The molecule has 2 bridgehead atoms. The number of aliphatic imine (C=N–C) groups is 1. The Labute approximate surface area is 194 Å². The number of pyridine rings is 1. The molecule has 176 valence electrons. The number of nitrogens with two attached hydrogens (primary N) is 3. The summed E-state index contributed by atoms with van der Waals surface area (Å²) in [5.74, 6) is 0.288. The zero-order chi connectivity index (χ0) is 24.0. The number of allylic oxidation sites excluding steroid dienone is 2. The number of anilines is 1. The first-order valence-corrected chi connectivity index (χ1v) is 11.1. The maximum atomic E-state index is 14.1. The van der Waals surface area contributed by atoms with Gasteiger partial charge >= 0.3 is 0 Å². The lowest BCUT2D eigenvalue weighted by atomic mass is 9.88. The minimum Gasteiger partial charge on any atom is -0.485 e. The van der Waals surface area contributed by atoms with Gasteiger partial charge in [0, 0.05) is 43.0 Å². The van der Waals surface area contributed by atoms with Crippen LogP contribution in [0.25, 0.3) is 0 Å². The molecule has 1 aromatic carbocycles. The molecule has 0 aliphatic carbocycles. The Morgan fingerprint density at radius 2 is 2.15 bits per heavy atom. The van der Waals surface area contributed by atoms with Crippen molar-refractivity contribution in [2.24, 2.45) is 16.5 Å². The Morgan fingerprint density at radius 1 is 1.36 bits per heavy atom. The Bertz CT molecular complexity index is 1090. The van der Waals surface area contributed by atoms with Crippen LogP contribution in [0.2, 0.25) is 0 Å². The Kier molecular flexibility index (Phi) is 8.06. The molecule has 3 rings (SSSR count). The fraction of sp³-hybridized carbons (Fsp3) is 0.360. The van der Waals surface area contributed by atoms with Crippen LogP contribution < -0.4 is 27.3 Å². The average Bonchev–Trinajstić information content (AvgIpc) is 2.78. The lowest BCUT2D eigenvalue weighted by molar-refractivity contribution is 0.304. The SMILES string of the molecule is CCCCN=C1/C(=C(/C)N)C/C(=C/NC)C(N)c2ccc(F)cc2COc2cc1cnc2N. The second-order valence-electron chi connectivity index (χ2n) is 8.15. The van der Waals surface area contributed by atoms with Gasteiger partial charge in [0.1, 0.15) is 12.4 Å². The number of nitrogens with one attached hydrogen (secondary N) is 1. The van der Waals surface area contributed by atoms with E-state index < -0.39 is 6.04 Å². The zero-order valence-corrected chi connectivity index (χ0v) is 19.5. The van der Waals surface area contributed by atoms with Crippen molar-refractivity contribution in [3.63, 3.8) is 0 Å². The van der Waals surface area contributed by atoms with Gasteiger partial charge < -0.3 is 27.3 Å². The number of halogens is 1. The highest BCUT2D eigenvalue weighted by Crippen LogP contribution is 2.33. The fourth-order valence-corrected chi connectivity index (χ4v) is 3.82. The number of nitrogens with zero attached hydrogens (tertiary/aromatic N) is 2. The largest absolute Gasteiger partial charge is 0.485 e. The minimum absolute atomic E-state index is 0.101. The van der Waals surface area contributed by atoms with Gasteiger partial charge in [0.15, 0.2) is 11.6 Å². The molecule has 0 fully saturated rings. The summed E-state index contributed by atoms with van der Waals surface area (Å²) in [5.41, 5.74) is 24.5. The number of hydrogen-bond donors (Lipinski definition) is 4. The molecule has 1 aliphatic heterocycles. The number of unbranched alkanes of at least 4 members (excludes halogenated alkanes) is 1. The van der Waals surface area contributed by atoms with E-state index in [1.54, 1.807) is 12.3 Å². The van der Waals surface area contributed by atoms with Crippen molar-refractivity contribution in [2.75, 3.05) is 19.3 Å². The third-order valence-electron chi connectivity index (χ3n) is 5.63. The average molecular weight is 453 g/mol. The van der Waals surface area contributed by atoms with E-state index in [0.717, 1.165) is 40.8 Å². The van der Waals surface area contributed by atoms with E-state index in [1.807, 2.05) is 26.2 Å². The summed E-state index contributed by atoms with van der Waals surface area (Å²) < 4.78 is 20.1. The molecule has 1 aromatic heterocycles. The second kappa shape index (κ2) is 11.0. The van der Waals surface area contributed by atoms with E-state index in [4.69, 9.17) is 26.9 Å². The van der Waals surface area contributed by atoms with Crippen molar-refractivity contribution in [3.8, 4) is 5.75 Å². The molecule has 0 amide bonds. The number of ether oxygens (including phenoxy) is 1. The van der Waals surface area contributed by atoms with Crippen LogP contribution in [0.5, 0.6) is 5.75 Å². The van der Waals surface area contributed by atoms with E-state index in [1.165, 1.54) is 12.1 Å². The monoisotopic (exact) mass is 452 g/mol. The lowest BCUT2D eigenvalue weighted by Crippen LogP contribution is -2.22. The quantitative estimate of drug-likeness (QED) is 0.524. The summed E-state index contributed by atoms with van der Waals surface area (Å²) in [6, 6.07) is 5.85. The third kappa shape index (κ3) is 5.70. The summed E-state index contributed by atoms with van der Waals surface area (Å²) in [4.78, 5) is 9.21. The van der Waals surface area contributed by atoms with Gasteiger partial charge in [-0.2, -0.15) is 0 Å². The van der Waals surface area contributed by atoms with E-state index in [2.05, 4.69) is 17.2 Å². The van der Waals surface area contributed by atoms with Crippen molar-refractivity contribution < 1.29 is 9.13 Å². The van der Waals surface area contributed by atoms with Crippen molar-refractivity contribution in [1.29, 1.82) is 0 Å². The molecular formula is C25H33FN6O. The van der Waals surface area contributed by atoms with Crippen LogP contribution in [0, 0.1) is 5.82 Å². The maximum Gasteiger partial charge on any atom is 0.166 e. The second-order valence-corrected chi connectivity index (χ2v) is 8.15. The van der Waals surface area contributed by atoms with E-state index in [-0.39, 0.29) is 18.2 Å². The van der Waals surface area contributed by atoms with Gasteiger partial charge in [-0.3, -0.25) is 4.99 Å². The topological polar surface area (TPSA) is 125 Å². The molecule has 1 aliphatic rings. The van der Waals surface area contributed by atoms with Crippen LogP contribution in [-0.2, 0) is 6.61 Å². The predicted octanol–water partition coefficient (Wildman–Crippen LogP) is 3.71. The van der Waals surface area contributed by atoms with Gasteiger partial charge in [0.05, 0.1) is 11.8 Å². The Morgan fingerprint density at radius 3 is 2.85 bits per heavy atom. The highest BCUT2D eigenvalue weighted by Gasteiger charge is 2.23.